The van der Waals surface area contributed by atoms with Gasteiger partial charge in [-0.25, -0.2) is 4.99 Å². The third kappa shape index (κ3) is 4.48. The monoisotopic (exact) mass is 284 g/mol. The molecule has 3 nitrogen and oxygen atoms in total. The van der Waals surface area contributed by atoms with Gasteiger partial charge in [0.2, 0.25) is 0 Å². The van der Waals surface area contributed by atoms with Crippen LogP contribution in [-0.2, 0) is 6.61 Å². The van der Waals surface area contributed by atoms with Gasteiger partial charge in [-0.05, 0) is 47.6 Å². The number of nitrogens with one attached hydrogen (secondary N) is 1. The number of hydrogen-bond donors (Lipinski definition) is 1. The van der Waals surface area contributed by atoms with Crippen LogP contribution in [0.15, 0.2) is 59.6 Å². The van der Waals surface area contributed by atoms with E-state index in [2.05, 4.69) is 10.3 Å². The zero-order valence-electron chi connectivity index (χ0n) is 11.2. The second kappa shape index (κ2) is 7.40. The van der Waals surface area contributed by atoms with Crippen molar-refractivity contribution >= 4 is 23.5 Å². The summed E-state index contributed by atoms with van der Waals surface area (Å²) in [7, 11) is 1.75. The van der Waals surface area contributed by atoms with E-state index in [4.69, 9.17) is 17.0 Å². The zero-order chi connectivity index (χ0) is 14.2. The summed E-state index contributed by atoms with van der Waals surface area (Å²) >= 11 is 4.94. The Hall–Kier alpha value is -2.20. The molecular weight excluding hydrogens is 268 g/mol. The van der Waals surface area contributed by atoms with Crippen molar-refractivity contribution in [3.63, 3.8) is 0 Å². The minimum Gasteiger partial charge on any atom is -0.489 e. The summed E-state index contributed by atoms with van der Waals surface area (Å²) in [6.45, 7) is 0.568. The predicted octanol–water partition coefficient (Wildman–Crippen LogP) is 3.19. The Morgan fingerprint density at radius 1 is 1.15 bits per heavy atom. The van der Waals surface area contributed by atoms with E-state index in [1.54, 1.807) is 13.3 Å². The highest BCUT2D eigenvalue weighted by atomic mass is 32.1. The Balaban J connectivity index is 1.91. The molecule has 2 rings (SSSR count). The summed E-state index contributed by atoms with van der Waals surface area (Å²) in [6.07, 6.45) is 1.72. The molecule has 0 fully saturated rings. The van der Waals surface area contributed by atoms with Gasteiger partial charge in [0.15, 0.2) is 5.11 Å². The van der Waals surface area contributed by atoms with Crippen LogP contribution in [-0.4, -0.2) is 18.4 Å². The second-order valence-electron chi connectivity index (χ2n) is 4.16. The van der Waals surface area contributed by atoms with E-state index in [0.29, 0.717) is 11.7 Å². The number of hydrogen-bond acceptors (Lipinski definition) is 2. The topological polar surface area (TPSA) is 33.6 Å². The lowest BCUT2D eigenvalue weighted by Crippen LogP contribution is -2.12. The molecule has 0 heterocycles. The molecular formula is C16H16N2OS. The molecule has 0 aliphatic heterocycles. The van der Waals surface area contributed by atoms with E-state index in [-0.39, 0.29) is 0 Å². The molecule has 0 saturated carbocycles. The first-order valence-electron chi connectivity index (χ1n) is 6.30. The van der Waals surface area contributed by atoms with Crippen LogP contribution in [0, 0.1) is 0 Å². The Labute approximate surface area is 124 Å². The van der Waals surface area contributed by atoms with Crippen molar-refractivity contribution < 1.29 is 4.74 Å². The summed E-state index contributed by atoms with van der Waals surface area (Å²) in [6, 6.07) is 17.8. The van der Waals surface area contributed by atoms with Crippen molar-refractivity contribution in [2.45, 2.75) is 6.61 Å². The van der Waals surface area contributed by atoms with E-state index >= 15 is 0 Å². The van der Waals surface area contributed by atoms with Crippen LogP contribution in [0.5, 0.6) is 5.75 Å². The number of nitrogens with zero attached hydrogens (tertiary/aromatic N) is 1. The average Bonchev–Trinajstić information content (AvgIpc) is 2.52. The van der Waals surface area contributed by atoms with Gasteiger partial charge in [0, 0.05) is 13.3 Å². The lowest BCUT2D eigenvalue weighted by atomic mass is 10.2. The smallest absolute Gasteiger partial charge is 0.192 e. The molecule has 0 aliphatic rings. The van der Waals surface area contributed by atoms with Gasteiger partial charge in [-0.15, -0.1) is 0 Å². The van der Waals surface area contributed by atoms with Crippen LogP contribution in [0.2, 0.25) is 0 Å². The molecule has 0 unspecified atom stereocenters. The number of thiocarbonyl (C=S) groups is 1. The highest BCUT2D eigenvalue weighted by Gasteiger charge is 1.96. The minimum atomic E-state index is 0.467. The van der Waals surface area contributed by atoms with Gasteiger partial charge in [0.1, 0.15) is 12.4 Å². The maximum Gasteiger partial charge on any atom is 0.192 e. The number of rotatable bonds is 4. The van der Waals surface area contributed by atoms with Gasteiger partial charge in [0.25, 0.3) is 0 Å². The van der Waals surface area contributed by atoms with Crippen LogP contribution < -0.4 is 10.1 Å². The van der Waals surface area contributed by atoms with Crippen molar-refractivity contribution in [1.82, 2.24) is 5.32 Å². The standard InChI is InChI=1S/C16H16N2OS/c1-17-16(20)18-11-13-7-9-15(10-8-13)19-12-14-5-3-2-4-6-14/h2-11H,12H2,1H3,(H,17,20). The molecule has 0 aromatic heterocycles. The van der Waals surface area contributed by atoms with Gasteiger partial charge < -0.3 is 10.1 Å². The van der Waals surface area contributed by atoms with Crippen LogP contribution in [0.3, 0.4) is 0 Å². The van der Waals surface area contributed by atoms with Crippen molar-refractivity contribution in [1.29, 1.82) is 0 Å². The second-order valence-corrected chi connectivity index (χ2v) is 4.54. The van der Waals surface area contributed by atoms with Crippen LogP contribution in [0.1, 0.15) is 11.1 Å². The summed E-state index contributed by atoms with van der Waals surface area (Å²) in [5.41, 5.74) is 2.13. The first-order valence-corrected chi connectivity index (χ1v) is 6.71. The molecule has 0 atom stereocenters. The molecule has 0 amide bonds. The summed E-state index contributed by atoms with van der Waals surface area (Å²) < 4.78 is 5.71. The molecule has 0 spiro atoms. The minimum absolute atomic E-state index is 0.467. The van der Waals surface area contributed by atoms with E-state index < -0.39 is 0 Å². The lowest BCUT2D eigenvalue weighted by Gasteiger charge is -2.06. The van der Waals surface area contributed by atoms with E-state index in [0.717, 1.165) is 16.9 Å². The molecule has 102 valence electrons. The fourth-order valence-electron chi connectivity index (χ4n) is 1.59. The average molecular weight is 284 g/mol. The Kier molecular flexibility index (Phi) is 5.26. The first-order chi connectivity index (χ1) is 9.78. The van der Waals surface area contributed by atoms with Crippen LogP contribution >= 0.6 is 12.2 Å². The van der Waals surface area contributed by atoms with Crippen molar-refractivity contribution in [3.05, 3.63) is 65.7 Å². The van der Waals surface area contributed by atoms with E-state index in [9.17, 15) is 0 Å². The predicted molar refractivity (Wildman–Crippen MR) is 86.5 cm³/mol. The van der Waals surface area contributed by atoms with Gasteiger partial charge in [-0.1, -0.05) is 30.3 Å². The Morgan fingerprint density at radius 2 is 1.85 bits per heavy atom. The Bertz CT molecular complexity index is 579. The number of benzene rings is 2. The first kappa shape index (κ1) is 14.2. The number of ether oxygens (including phenoxy) is 1. The molecule has 1 N–H and O–H groups in total. The van der Waals surface area contributed by atoms with Gasteiger partial charge in [-0.2, -0.15) is 0 Å². The molecule has 2 aromatic rings. The normalized spacial score (nSPS) is 10.4. The third-order valence-electron chi connectivity index (χ3n) is 2.67. The molecule has 20 heavy (non-hydrogen) atoms. The fraction of sp³-hybridized carbons (Fsp3) is 0.125. The summed E-state index contributed by atoms with van der Waals surface area (Å²) in [5.74, 6) is 0.835. The quantitative estimate of drug-likeness (QED) is 0.691. The van der Waals surface area contributed by atoms with Crippen LogP contribution in [0.4, 0.5) is 0 Å². The molecule has 0 saturated heterocycles. The zero-order valence-corrected chi connectivity index (χ0v) is 12.1. The van der Waals surface area contributed by atoms with Gasteiger partial charge in [-0.3, -0.25) is 0 Å². The van der Waals surface area contributed by atoms with Gasteiger partial charge in [0.05, 0.1) is 0 Å². The maximum atomic E-state index is 5.71. The van der Waals surface area contributed by atoms with Crippen molar-refractivity contribution in [2.75, 3.05) is 7.05 Å². The molecule has 4 heteroatoms. The highest BCUT2D eigenvalue weighted by Crippen LogP contribution is 2.13. The van der Waals surface area contributed by atoms with Gasteiger partial charge >= 0.3 is 0 Å². The lowest BCUT2D eigenvalue weighted by molar-refractivity contribution is 0.306. The molecule has 0 aliphatic carbocycles. The van der Waals surface area contributed by atoms with Crippen molar-refractivity contribution in [2.24, 2.45) is 4.99 Å². The fourth-order valence-corrected chi connectivity index (χ4v) is 1.64. The van der Waals surface area contributed by atoms with E-state index in [1.807, 2.05) is 54.6 Å². The number of aliphatic imine (C=N–C) groups is 1. The Morgan fingerprint density at radius 3 is 2.50 bits per heavy atom. The summed E-state index contributed by atoms with van der Waals surface area (Å²) in [4.78, 5) is 4.09. The largest absolute Gasteiger partial charge is 0.489 e. The molecule has 0 bridgehead atoms. The maximum absolute atomic E-state index is 5.71. The van der Waals surface area contributed by atoms with E-state index in [1.165, 1.54) is 0 Å². The highest BCUT2D eigenvalue weighted by molar-refractivity contribution is 7.80. The van der Waals surface area contributed by atoms with Crippen molar-refractivity contribution in [3.8, 4) is 5.75 Å². The SMILES string of the molecule is CNC(=S)N=Cc1ccc(OCc2ccccc2)cc1. The molecule has 2 aromatic carbocycles. The van der Waals surface area contributed by atoms with Crippen LogP contribution in [0.25, 0.3) is 0 Å². The summed E-state index contributed by atoms with van der Waals surface area (Å²) in [5, 5.41) is 3.26. The third-order valence-corrected chi connectivity index (χ3v) is 2.98. The molecule has 0 radical (unpaired) electrons.